The standard InChI is InChI=1S/C26H32N4O4S/c1-4-26(3,5-2)20-13-11-19(12-14-20)16-23(30-35(33,34)21-8-7-15-27-17-21)22-9-6-10-24(29-22)28-18-25(31)32/h6-15,17,23,30H,4-5,16,18H2,1-3H3,(H,28,29)(H,31,32). The zero-order chi connectivity index (χ0) is 25.5. The number of hydrogen-bond acceptors (Lipinski definition) is 6. The molecule has 2 heterocycles. The highest BCUT2D eigenvalue weighted by molar-refractivity contribution is 7.89. The molecule has 186 valence electrons. The number of sulfonamides is 1. The van der Waals surface area contributed by atoms with Gasteiger partial charge in [-0.05, 0) is 60.1 Å². The Morgan fingerprint density at radius 2 is 1.77 bits per heavy atom. The molecule has 1 atom stereocenters. The van der Waals surface area contributed by atoms with Gasteiger partial charge in [0.05, 0.1) is 11.7 Å². The normalized spacial score (nSPS) is 12.8. The average Bonchev–Trinajstić information content (AvgIpc) is 2.87. The summed E-state index contributed by atoms with van der Waals surface area (Å²) < 4.78 is 29.0. The number of rotatable bonds is 12. The summed E-state index contributed by atoms with van der Waals surface area (Å²) >= 11 is 0. The second-order valence-electron chi connectivity index (χ2n) is 8.73. The molecule has 9 heteroatoms. The topological polar surface area (TPSA) is 121 Å². The number of nitrogens with zero attached hydrogens (tertiary/aromatic N) is 2. The molecule has 0 aliphatic heterocycles. The van der Waals surface area contributed by atoms with Crippen LogP contribution >= 0.6 is 0 Å². The lowest BCUT2D eigenvalue weighted by Gasteiger charge is -2.27. The van der Waals surface area contributed by atoms with Crippen molar-refractivity contribution in [3.63, 3.8) is 0 Å². The number of nitrogens with one attached hydrogen (secondary N) is 2. The van der Waals surface area contributed by atoms with E-state index in [-0.39, 0.29) is 16.9 Å². The first-order valence-corrected chi connectivity index (χ1v) is 13.1. The fourth-order valence-corrected chi connectivity index (χ4v) is 4.99. The third-order valence-corrected chi connectivity index (χ3v) is 7.90. The Kier molecular flexibility index (Phi) is 8.58. The minimum atomic E-state index is -3.87. The van der Waals surface area contributed by atoms with Gasteiger partial charge in [0, 0.05) is 12.4 Å². The molecule has 0 aliphatic rings. The van der Waals surface area contributed by atoms with E-state index in [0.29, 0.717) is 17.9 Å². The van der Waals surface area contributed by atoms with Crippen molar-refractivity contribution in [3.05, 3.63) is 83.8 Å². The lowest BCUT2D eigenvalue weighted by Crippen LogP contribution is -2.31. The molecule has 2 aromatic heterocycles. The molecular weight excluding hydrogens is 464 g/mol. The molecule has 3 aromatic rings. The highest BCUT2D eigenvalue weighted by Crippen LogP contribution is 2.31. The Morgan fingerprint density at radius 1 is 1.06 bits per heavy atom. The first kappa shape index (κ1) is 26.3. The molecule has 0 spiro atoms. The summed E-state index contributed by atoms with van der Waals surface area (Å²) in [6.45, 7) is 6.30. The van der Waals surface area contributed by atoms with Crippen LogP contribution in [0.3, 0.4) is 0 Å². The molecule has 0 amide bonds. The SMILES string of the molecule is CCC(C)(CC)c1ccc(CC(NS(=O)(=O)c2cccnc2)c2cccc(NCC(=O)O)n2)cc1. The molecule has 3 rings (SSSR count). The summed E-state index contributed by atoms with van der Waals surface area (Å²) in [7, 11) is -3.87. The van der Waals surface area contributed by atoms with Crippen molar-refractivity contribution in [3.8, 4) is 0 Å². The van der Waals surface area contributed by atoms with E-state index in [2.05, 4.69) is 52.9 Å². The largest absolute Gasteiger partial charge is 0.480 e. The van der Waals surface area contributed by atoms with Gasteiger partial charge in [-0.25, -0.2) is 18.1 Å². The van der Waals surface area contributed by atoms with Crippen LogP contribution in [0.15, 0.2) is 71.9 Å². The van der Waals surface area contributed by atoms with Gasteiger partial charge in [-0.2, -0.15) is 0 Å². The van der Waals surface area contributed by atoms with E-state index in [1.807, 2.05) is 12.1 Å². The van der Waals surface area contributed by atoms with Gasteiger partial charge in [-0.15, -0.1) is 0 Å². The molecule has 0 radical (unpaired) electrons. The van der Waals surface area contributed by atoms with E-state index in [0.717, 1.165) is 18.4 Å². The van der Waals surface area contributed by atoms with Gasteiger partial charge >= 0.3 is 5.97 Å². The number of carboxylic acid groups (broad SMARTS) is 1. The molecule has 0 fully saturated rings. The number of anilines is 1. The van der Waals surface area contributed by atoms with Gasteiger partial charge in [0.25, 0.3) is 0 Å². The first-order valence-electron chi connectivity index (χ1n) is 11.6. The van der Waals surface area contributed by atoms with Crippen LogP contribution in [0.2, 0.25) is 0 Å². The molecule has 0 saturated heterocycles. The summed E-state index contributed by atoms with van der Waals surface area (Å²) in [5, 5.41) is 11.7. The van der Waals surface area contributed by atoms with Crippen LogP contribution in [0.25, 0.3) is 0 Å². The highest BCUT2D eigenvalue weighted by Gasteiger charge is 2.25. The smallest absolute Gasteiger partial charge is 0.322 e. The zero-order valence-electron chi connectivity index (χ0n) is 20.2. The maximum Gasteiger partial charge on any atom is 0.322 e. The summed E-state index contributed by atoms with van der Waals surface area (Å²) in [6, 6.07) is 15.7. The third-order valence-electron chi connectivity index (χ3n) is 6.44. The van der Waals surface area contributed by atoms with Crippen LogP contribution in [0, 0.1) is 0 Å². The fraction of sp³-hybridized carbons (Fsp3) is 0.346. The second-order valence-corrected chi connectivity index (χ2v) is 10.4. The van der Waals surface area contributed by atoms with Gasteiger partial charge in [0.15, 0.2) is 0 Å². The Balaban J connectivity index is 1.93. The van der Waals surface area contributed by atoms with Gasteiger partial charge in [0.2, 0.25) is 10.0 Å². The van der Waals surface area contributed by atoms with E-state index < -0.39 is 22.0 Å². The number of hydrogen-bond donors (Lipinski definition) is 3. The van der Waals surface area contributed by atoms with Crippen LogP contribution in [-0.4, -0.2) is 36.0 Å². The summed E-state index contributed by atoms with van der Waals surface area (Å²) in [5.41, 5.74) is 2.76. The van der Waals surface area contributed by atoms with Crippen LogP contribution in [0.5, 0.6) is 0 Å². The van der Waals surface area contributed by atoms with Crippen LogP contribution in [0.1, 0.15) is 56.5 Å². The monoisotopic (exact) mass is 496 g/mol. The number of aliphatic carboxylic acids is 1. The fourth-order valence-electron chi connectivity index (χ4n) is 3.82. The lowest BCUT2D eigenvalue weighted by molar-refractivity contribution is -0.134. The average molecular weight is 497 g/mol. The van der Waals surface area contributed by atoms with Crippen LogP contribution in [-0.2, 0) is 26.7 Å². The van der Waals surface area contributed by atoms with Crippen molar-refractivity contribution < 1.29 is 18.3 Å². The maximum atomic E-state index is 13.1. The Bertz CT molecular complexity index is 1230. The van der Waals surface area contributed by atoms with Crippen LogP contribution < -0.4 is 10.0 Å². The molecule has 0 bridgehead atoms. The van der Waals surface area contributed by atoms with E-state index >= 15 is 0 Å². The van der Waals surface area contributed by atoms with E-state index in [9.17, 15) is 13.2 Å². The summed E-state index contributed by atoms with van der Waals surface area (Å²) in [5.74, 6) is -0.662. The van der Waals surface area contributed by atoms with Gasteiger partial charge in [-0.3, -0.25) is 9.78 Å². The Hall–Kier alpha value is -3.30. The minimum Gasteiger partial charge on any atom is -0.480 e. The molecule has 1 aromatic carbocycles. The number of carbonyl (C=O) groups is 1. The lowest BCUT2D eigenvalue weighted by atomic mass is 9.77. The molecule has 0 aliphatic carbocycles. The van der Waals surface area contributed by atoms with Gasteiger partial charge in [-0.1, -0.05) is 51.1 Å². The highest BCUT2D eigenvalue weighted by atomic mass is 32.2. The van der Waals surface area contributed by atoms with Crippen molar-refractivity contribution in [2.45, 2.75) is 56.4 Å². The Morgan fingerprint density at radius 3 is 2.37 bits per heavy atom. The number of benzene rings is 1. The minimum absolute atomic E-state index is 0.0576. The van der Waals surface area contributed by atoms with E-state index in [1.54, 1.807) is 24.3 Å². The molecular formula is C26H32N4O4S. The van der Waals surface area contributed by atoms with Crippen molar-refractivity contribution in [1.29, 1.82) is 0 Å². The third kappa shape index (κ3) is 6.86. The van der Waals surface area contributed by atoms with Gasteiger partial charge < -0.3 is 10.4 Å². The Labute approximate surface area is 206 Å². The van der Waals surface area contributed by atoms with Crippen molar-refractivity contribution in [2.24, 2.45) is 0 Å². The van der Waals surface area contributed by atoms with E-state index in [1.165, 1.54) is 24.0 Å². The molecule has 3 N–H and O–H groups in total. The molecule has 35 heavy (non-hydrogen) atoms. The zero-order valence-corrected chi connectivity index (χ0v) is 21.0. The van der Waals surface area contributed by atoms with Crippen molar-refractivity contribution >= 4 is 21.8 Å². The maximum absolute atomic E-state index is 13.1. The first-order chi connectivity index (χ1) is 16.7. The molecule has 1 unspecified atom stereocenters. The number of pyridine rings is 2. The second kappa shape index (κ2) is 11.4. The molecule has 8 nitrogen and oxygen atoms in total. The van der Waals surface area contributed by atoms with Crippen molar-refractivity contribution in [2.75, 3.05) is 11.9 Å². The van der Waals surface area contributed by atoms with Gasteiger partial charge in [0.1, 0.15) is 17.3 Å². The summed E-state index contributed by atoms with van der Waals surface area (Å²) in [4.78, 5) is 19.4. The number of aromatic nitrogens is 2. The van der Waals surface area contributed by atoms with Crippen molar-refractivity contribution in [1.82, 2.24) is 14.7 Å². The predicted octanol–water partition coefficient (Wildman–Crippen LogP) is 4.31. The summed E-state index contributed by atoms with van der Waals surface area (Å²) in [6.07, 6.45) is 5.22. The number of carboxylic acids is 1. The quantitative estimate of drug-likeness (QED) is 0.341. The molecule has 0 saturated carbocycles. The van der Waals surface area contributed by atoms with E-state index in [4.69, 9.17) is 5.11 Å². The predicted molar refractivity (Wildman–Crippen MR) is 136 cm³/mol. The van der Waals surface area contributed by atoms with Crippen LogP contribution in [0.4, 0.5) is 5.82 Å².